The first kappa shape index (κ1) is 13.6. The van der Waals surface area contributed by atoms with Crippen LogP contribution in [0, 0.1) is 5.82 Å². The molecular formula is C13H19FN2O. The van der Waals surface area contributed by atoms with Crippen molar-refractivity contribution in [2.75, 3.05) is 13.1 Å². The van der Waals surface area contributed by atoms with Gasteiger partial charge >= 0.3 is 0 Å². The first-order valence-electron chi connectivity index (χ1n) is 5.89. The van der Waals surface area contributed by atoms with E-state index in [4.69, 9.17) is 0 Å². The van der Waals surface area contributed by atoms with Crippen molar-refractivity contribution in [3.63, 3.8) is 0 Å². The van der Waals surface area contributed by atoms with Crippen LogP contribution in [0.3, 0.4) is 0 Å². The molecule has 0 aliphatic carbocycles. The van der Waals surface area contributed by atoms with Crippen molar-refractivity contribution in [1.82, 2.24) is 10.6 Å². The van der Waals surface area contributed by atoms with Crippen LogP contribution in [0.4, 0.5) is 4.39 Å². The molecule has 1 rings (SSSR count). The van der Waals surface area contributed by atoms with E-state index < -0.39 is 0 Å². The molecule has 0 radical (unpaired) electrons. The van der Waals surface area contributed by atoms with Crippen LogP contribution < -0.4 is 10.6 Å². The van der Waals surface area contributed by atoms with E-state index in [1.165, 1.54) is 12.1 Å². The zero-order valence-corrected chi connectivity index (χ0v) is 10.3. The molecule has 0 aliphatic rings. The average Bonchev–Trinajstić information content (AvgIpc) is 2.29. The third-order valence-electron chi connectivity index (χ3n) is 2.53. The maximum absolute atomic E-state index is 13.0. The minimum absolute atomic E-state index is 0.0337. The summed E-state index contributed by atoms with van der Waals surface area (Å²) in [7, 11) is 0. The van der Waals surface area contributed by atoms with Crippen LogP contribution in [-0.4, -0.2) is 19.0 Å². The second kappa shape index (κ2) is 7.01. The summed E-state index contributed by atoms with van der Waals surface area (Å²) < 4.78 is 13.0. The fraction of sp³-hybridized carbons (Fsp3) is 0.462. The standard InChI is InChI=1S/C13H19FN2O/c1-3-15-13(17)7-8-16-10(2)11-5-4-6-12(14)9-11/h4-6,9-10,16H,3,7-8H2,1-2H3,(H,15,17)/t10-/m1/s1. The maximum Gasteiger partial charge on any atom is 0.221 e. The van der Waals surface area contributed by atoms with Gasteiger partial charge in [-0.1, -0.05) is 12.1 Å². The number of carbonyl (C=O) groups is 1. The van der Waals surface area contributed by atoms with Gasteiger partial charge in [0.05, 0.1) is 0 Å². The van der Waals surface area contributed by atoms with Crippen LogP contribution in [0.15, 0.2) is 24.3 Å². The van der Waals surface area contributed by atoms with E-state index >= 15 is 0 Å². The number of halogens is 1. The molecule has 0 aromatic heterocycles. The van der Waals surface area contributed by atoms with Crippen molar-refractivity contribution >= 4 is 5.91 Å². The van der Waals surface area contributed by atoms with Crippen molar-refractivity contribution in [3.05, 3.63) is 35.6 Å². The predicted octanol–water partition coefficient (Wildman–Crippen LogP) is 2.00. The Morgan fingerprint density at radius 2 is 2.24 bits per heavy atom. The van der Waals surface area contributed by atoms with Gasteiger partial charge in [-0.25, -0.2) is 4.39 Å². The molecule has 0 bridgehead atoms. The van der Waals surface area contributed by atoms with Gasteiger partial charge in [0.25, 0.3) is 0 Å². The first-order chi connectivity index (χ1) is 8.13. The summed E-state index contributed by atoms with van der Waals surface area (Å²) in [6.45, 7) is 5.08. The van der Waals surface area contributed by atoms with Crippen molar-refractivity contribution in [2.24, 2.45) is 0 Å². The molecule has 0 saturated carbocycles. The molecule has 2 N–H and O–H groups in total. The average molecular weight is 238 g/mol. The summed E-state index contributed by atoms with van der Waals surface area (Å²) in [5.74, 6) is -0.202. The number of hydrogen-bond acceptors (Lipinski definition) is 2. The molecule has 0 fully saturated rings. The van der Waals surface area contributed by atoms with Gasteiger partial charge in [0.15, 0.2) is 0 Å². The highest BCUT2D eigenvalue weighted by atomic mass is 19.1. The Morgan fingerprint density at radius 3 is 2.88 bits per heavy atom. The quantitative estimate of drug-likeness (QED) is 0.796. The van der Waals surface area contributed by atoms with Gasteiger partial charge in [-0.3, -0.25) is 4.79 Å². The van der Waals surface area contributed by atoms with E-state index in [-0.39, 0.29) is 17.8 Å². The molecule has 1 aromatic carbocycles. The van der Waals surface area contributed by atoms with Crippen molar-refractivity contribution < 1.29 is 9.18 Å². The number of benzene rings is 1. The Bertz CT molecular complexity index is 368. The lowest BCUT2D eigenvalue weighted by molar-refractivity contribution is -0.120. The Morgan fingerprint density at radius 1 is 1.47 bits per heavy atom. The van der Waals surface area contributed by atoms with E-state index in [2.05, 4.69) is 10.6 Å². The number of rotatable bonds is 6. The molecule has 0 heterocycles. The summed E-state index contributed by atoms with van der Waals surface area (Å²) in [5, 5.41) is 5.92. The lowest BCUT2D eigenvalue weighted by Crippen LogP contribution is -2.28. The molecule has 1 atom stereocenters. The van der Waals surface area contributed by atoms with Gasteiger partial charge in [-0.05, 0) is 31.5 Å². The SMILES string of the molecule is CCNC(=O)CCN[C@H](C)c1cccc(F)c1. The summed E-state index contributed by atoms with van der Waals surface area (Å²) in [4.78, 5) is 11.2. The Hall–Kier alpha value is -1.42. The van der Waals surface area contributed by atoms with Crippen LogP contribution in [0.2, 0.25) is 0 Å². The lowest BCUT2D eigenvalue weighted by Gasteiger charge is -2.14. The smallest absolute Gasteiger partial charge is 0.221 e. The largest absolute Gasteiger partial charge is 0.356 e. The van der Waals surface area contributed by atoms with Crippen LogP contribution >= 0.6 is 0 Å². The van der Waals surface area contributed by atoms with Gasteiger partial charge in [0, 0.05) is 25.6 Å². The summed E-state index contributed by atoms with van der Waals surface area (Å²) in [6.07, 6.45) is 0.438. The topological polar surface area (TPSA) is 41.1 Å². The van der Waals surface area contributed by atoms with Gasteiger partial charge in [-0.15, -0.1) is 0 Å². The molecule has 1 amide bonds. The zero-order valence-electron chi connectivity index (χ0n) is 10.3. The van der Waals surface area contributed by atoms with Gasteiger partial charge in [0.2, 0.25) is 5.91 Å². The van der Waals surface area contributed by atoms with E-state index in [1.807, 2.05) is 19.9 Å². The molecule has 0 saturated heterocycles. The maximum atomic E-state index is 13.0. The molecular weight excluding hydrogens is 219 g/mol. The van der Waals surface area contributed by atoms with Gasteiger partial charge in [-0.2, -0.15) is 0 Å². The molecule has 0 spiro atoms. The highest BCUT2D eigenvalue weighted by Crippen LogP contribution is 2.12. The second-order valence-electron chi connectivity index (χ2n) is 3.93. The number of hydrogen-bond donors (Lipinski definition) is 2. The minimum atomic E-state index is -0.236. The highest BCUT2D eigenvalue weighted by molar-refractivity contribution is 5.75. The van der Waals surface area contributed by atoms with E-state index in [0.717, 1.165) is 5.56 Å². The zero-order chi connectivity index (χ0) is 12.7. The summed E-state index contributed by atoms with van der Waals surface area (Å²) >= 11 is 0. The number of carbonyl (C=O) groups excluding carboxylic acids is 1. The molecule has 94 valence electrons. The molecule has 3 nitrogen and oxygen atoms in total. The van der Waals surface area contributed by atoms with Crippen LogP contribution in [-0.2, 0) is 4.79 Å². The van der Waals surface area contributed by atoms with Crippen molar-refractivity contribution in [2.45, 2.75) is 26.3 Å². The molecule has 0 aliphatic heterocycles. The Balaban J connectivity index is 2.35. The van der Waals surface area contributed by atoms with Crippen LogP contribution in [0.5, 0.6) is 0 Å². The van der Waals surface area contributed by atoms with Gasteiger partial charge < -0.3 is 10.6 Å². The fourth-order valence-corrected chi connectivity index (χ4v) is 1.58. The molecule has 0 unspecified atom stereocenters. The number of nitrogens with one attached hydrogen (secondary N) is 2. The lowest BCUT2D eigenvalue weighted by atomic mass is 10.1. The van der Waals surface area contributed by atoms with E-state index in [0.29, 0.717) is 19.5 Å². The van der Waals surface area contributed by atoms with Crippen LogP contribution in [0.1, 0.15) is 31.9 Å². The Labute approximate surface area is 101 Å². The number of amides is 1. The summed E-state index contributed by atoms with van der Waals surface area (Å²) in [6, 6.07) is 6.52. The predicted molar refractivity (Wildman–Crippen MR) is 66.1 cm³/mol. The summed E-state index contributed by atoms with van der Waals surface area (Å²) in [5.41, 5.74) is 0.890. The molecule has 17 heavy (non-hydrogen) atoms. The second-order valence-corrected chi connectivity index (χ2v) is 3.93. The third-order valence-corrected chi connectivity index (χ3v) is 2.53. The normalized spacial score (nSPS) is 12.2. The Kier molecular flexibility index (Phi) is 5.63. The molecule has 4 heteroatoms. The van der Waals surface area contributed by atoms with Crippen LogP contribution in [0.25, 0.3) is 0 Å². The minimum Gasteiger partial charge on any atom is -0.356 e. The first-order valence-corrected chi connectivity index (χ1v) is 5.89. The fourth-order valence-electron chi connectivity index (χ4n) is 1.58. The highest BCUT2D eigenvalue weighted by Gasteiger charge is 2.06. The van der Waals surface area contributed by atoms with E-state index in [9.17, 15) is 9.18 Å². The van der Waals surface area contributed by atoms with Crippen molar-refractivity contribution in [3.8, 4) is 0 Å². The third kappa shape index (κ3) is 4.95. The molecule has 1 aromatic rings. The van der Waals surface area contributed by atoms with Gasteiger partial charge in [0.1, 0.15) is 5.82 Å². The van der Waals surface area contributed by atoms with Crippen molar-refractivity contribution in [1.29, 1.82) is 0 Å². The monoisotopic (exact) mass is 238 g/mol. The van der Waals surface area contributed by atoms with E-state index in [1.54, 1.807) is 6.07 Å².